The van der Waals surface area contributed by atoms with Crippen LogP contribution in [-0.2, 0) is 17.8 Å². The Labute approximate surface area is 112 Å². The van der Waals surface area contributed by atoms with E-state index in [9.17, 15) is 9.90 Å². The third-order valence-corrected chi connectivity index (χ3v) is 4.38. The van der Waals surface area contributed by atoms with Crippen LogP contribution < -0.4 is 0 Å². The van der Waals surface area contributed by atoms with Crippen molar-refractivity contribution in [2.75, 3.05) is 0 Å². The topological polar surface area (TPSA) is 55.1 Å². The molecule has 2 unspecified atom stereocenters. The average Bonchev–Trinajstić information content (AvgIpc) is 2.89. The summed E-state index contributed by atoms with van der Waals surface area (Å²) in [5, 5.41) is 14.3. The first kappa shape index (κ1) is 13.4. The number of carboxylic acids is 1. The van der Waals surface area contributed by atoms with Crippen LogP contribution in [0, 0.1) is 18.8 Å². The molecule has 5 heteroatoms. The second-order valence-corrected chi connectivity index (χ2v) is 5.38. The highest BCUT2D eigenvalue weighted by molar-refractivity contribution is 6.31. The highest BCUT2D eigenvalue weighted by atomic mass is 35.5. The quantitative estimate of drug-likeness (QED) is 0.915. The van der Waals surface area contributed by atoms with Gasteiger partial charge in [-0.3, -0.25) is 9.48 Å². The first-order chi connectivity index (χ1) is 8.54. The van der Waals surface area contributed by atoms with Crippen molar-refractivity contribution < 1.29 is 9.90 Å². The van der Waals surface area contributed by atoms with Crippen LogP contribution in [0.15, 0.2) is 0 Å². The molecule has 0 aliphatic heterocycles. The number of hydrogen-bond donors (Lipinski definition) is 1. The molecule has 4 nitrogen and oxygen atoms in total. The van der Waals surface area contributed by atoms with Crippen LogP contribution in [0.25, 0.3) is 0 Å². The summed E-state index contributed by atoms with van der Waals surface area (Å²) in [5.74, 6) is -0.698. The molecule has 1 N–H and O–H groups in total. The molecule has 1 heterocycles. The molecule has 2 rings (SSSR count). The summed E-state index contributed by atoms with van der Waals surface area (Å²) in [7, 11) is 0. The number of carbonyl (C=O) groups is 1. The second kappa shape index (κ2) is 5.31. The lowest BCUT2D eigenvalue weighted by Gasteiger charge is -2.16. The third-order valence-electron chi connectivity index (χ3n) is 3.88. The van der Waals surface area contributed by atoms with Crippen LogP contribution in [0.5, 0.6) is 0 Å². The van der Waals surface area contributed by atoms with E-state index in [4.69, 9.17) is 11.6 Å². The molecule has 1 aliphatic carbocycles. The zero-order chi connectivity index (χ0) is 13.3. The van der Waals surface area contributed by atoms with E-state index in [2.05, 4.69) is 5.10 Å². The smallest absolute Gasteiger partial charge is 0.306 e. The van der Waals surface area contributed by atoms with E-state index < -0.39 is 5.97 Å². The van der Waals surface area contributed by atoms with E-state index in [1.807, 2.05) is 18.5 Å². The fraction of sp³-hybridized carbons (Fsp3) is 0.692. The molecule has 1 saturated carbocycles. The number of aryl methyl sites for hydroxylation is 2. The zero-order valence-electron chi connectivity index (χ0n) is 10.8. The Morgan fingerprint density at radius 2 is 2.28 bits per heavy atom. The van der Waals surface area contributed by atoms with Gasteiger partial charge in [0, 0.05) is 6.54 Å². The van der Waals surface area contributed by atoms with Crippen molar-refractivity contribution in [2.24, 2.45) is 11.8 Å². The van der Waals surface area contributed by atoms with Crippen molar-refractivity contribution in [2.45, 2.75) is 46.1 Å². The molecule has 1 aromatic heterocycles. The normalized spacial score (nSPS) is 23.5. The number of rotatable bonds is 4. The second-order valence-electron chi connectivity index (χ2n) is 5.00. The van der Waals surface area contributed by atoms with Gasteiger partial charge in [0.25, 0.3) is 0 Å². The molecule has 1 fully saturated rings. The van der Waals surface area contributed by atoms with Gasteiger partial charge in [0.2, 0.25) is 0 Å². The van der Waals surface area contributed by atoms with Gasteiger partial charge in [-0.05, 0) is 39.0 Å². The summed E-state index contributed by atoms with van der Waals surface area (Å²) in [5.41, 5.74) is 1.83. The predicted octanol–water partition coefficient (Wildman–Crippen LogP) is 2.91. The largest absolute Gasteiger partial charge is 0.481 e. The molecule has 0 bridgehead atoms. The molecule has 1 aromatic rings. The molecule has 0 spiro atoms. The molecule has 100 valence electrons. The van der Waals surface area contributed by atoms with Gasteiger partial charge in [0.15, 0.2) is 0 Å². The van der Waals surface area contributed by atoms with Gasteiger partial charge in [-0.25, -0.2) is 0 Å². The lowest BCUT2D eigenvalue weighted by atomic mass is 9.91. The van der Waals surface area contributed by atoms with Gasteiger partial charge in [0.1, 0.15) is 0 Å². The summed E-state index contributed by atoms with van der Waals surface area (Å²) < 4.78 is 1.90. The van der Waals surface area contributed by atoms with Crippen molar-refractivity contribution in [3.8, 4) is 0 Å². The Kier molecular flexibility index (Phi) is 3.95. The third kappa shape index (κ3) is 2.39. The molecule has 0 amide bonds. The van der Waals surface area contributed by atoms with E-state index in [-0.39, 0.29) is 11.8 Å². The Bertz CT molecular complexity index is 456. The van der Waals surface area contributed by atoms with Gasteiger partial charge < -0.3 is 5.11 Å². The average molecular weight is 271 g/mol. The molecule has 0 aromatic carbocycles. The van der Waals surface area contributed by atoms with Crippen LogP contribution in [0.4, 0.5) is 0 Å². The molecular weight excluding hydrogens is 252 g/mol. The van der Waals surface area contributed by atoms with Gasteiger partial charge in [-0.1, -0.05) is 18.0 Å². The Balaban J connectivity index is 2.21. The molecule has 2 atom stereocenters. The van der Waals surface area contributed by atoms with E-state index in [0.29, 0.717) is 5.02 Å². The van der Waals surface area contributed by atoms with Crippen LogP contribution in [-0.4, -0.2) is 20.9 Å². The minimum absolute atomic E-state index is 0.196. The van der Waals surface area contributed by atoms with Crippen molar-refractivity contribution >= 4 is 17.6 Å². The summed E-state index contributed by atoms with van der Waals surface area (Å²) in [4.78, 5) is 11.2. The predicted molar refractivity (Wildman–Crippen MR) is 69.8 cm³/mol. The van der Waals surface area contributed by atoms with E-state index >= 15 is 0 Å². The van der Waals surface area contributed by atoms with E-state index in [0.717, 1.165) is 43.6 Å². The van der Waals surface area contributed by atoms with Gasteiger partial charge in [0.05, 0.1) is 22.3 Å². The zero-order valence-corrected chi connectivity index (χ0v) is 11.6. The monoisotopic (exact) mass is 270 g/mol. The number of nitrogens with zero attached hydrogens (tertiary/aromatic N) is 2. The maximum absolute atomic E-state index is 11.2. The fourth-order valence-corrected chi connectivity index (χ4v) is 3.13. The number of carboxylic acid groups (broad SMARTS) is 1. The maximum Gasteiger partial charge on any atom is 0.306 e. The lowest BCUT2D eigenvalue weighted by Crippen LogP contribution is -2.21. The molecule has 0 saturated heterocycles. The van der Waals surface area contributed by atoms with Crippen LogP contribution >= 0.6 is 11.6 Å². The Hall–Kier alpha value is -1.03. The summed E-state index contributed by atoms with van der Waals surface area (Å²) in [6.07, 6.45) is 3.49. The SMILES string of the molecule is CCn1nc(C)c(Cl)c1CC1CCCC1C(=O)O. The number of aliphatic carboxylic acids is 1. The maximum atomic E-state index is 11.2. The van der Waals surface area contributed by atoms with E-state index in [1.165, 1.54) is 0 Å². The standard InChI is InChI=1S/C13H19ClN2O2/c1-3-16-11(12(14)8(2)15-16)7-9-5-4-6-10(9)13(17)18/h9-10H,3-7H2,1-2H3,(H,17,18). The Morgan fingerprint density at radius 1 is 1.56 bits per heavy atom. The van der Waals surface area contributed by atoms with Crippen molar-refractivity contribution in [3.63, 3.8) is 0 Å². The van der Waals surface area contributed by atoms with E-state index in [1.54, 1.807) is 0 Å². The molecule has 0 radical (unpaired) electrons. The number of hydrogen-bond acceptors (Lipinski definition) is 2. The molecule has 1 aliphatic rings. The van der Waals surface area contributed by atoms with Crippen LogP contribution in [0.3, 0.4) is 0 Å². The van der Waals surface area contributed by atoms with Gasteiger partial charge in [-0.2, -0.15) is 5.10 Å². The minimum Gasteiger partial charge on any atom is -0.481 e. The highest BCUT2D eigenvalue weighted by Gasteiger charge is 2.34. The molecule has 18 heavy (non-hydrogen) atoms. The van der Waals surface area contributed by atoms with Crippen LogP contribution in [0.2, 0.25) is 5.02 Å². The highest BCUT2D eigenvalue weighted by Crippen LogP contribution is 2.36. The fourth-order valence-electron chi connectivity index (χ4n) is 2.92. The molecular formula is C13H19ClN2O2. The van der Waals surface area contributed by atoms with Crippen LogP contribution in [0.1, 0.15) is 37.6 Å². The Morgan fingerprint density at radius 3 is 2.89 bits per heavy atom. The van der Waals surface area contributed by atoms with Gasteiger partial charge in [-0.15, -0.1) is 0 Å². The van der Waals surface area contributed by atoms with Crippen molar-refractivity contribution in [1.82, 2.24) is 9.78 Å². The van der Waals surface area contributed by atoms with Crippen molar-refractivity contribution in [3.05, 3.63) is 16.4 Å². The van der Waals surface area contributed by atoms with Crippen molar-refractivity contribution in [1.29, 1.82) is 0 Å². The summed E-state index contributed by atoms with van der Waals surface area (Å²) >= 11 is 6.27. The number of halogens is 1. The van der Waals surface area contributed by atoms with Gasteiger partial charge >= 0.3 is 5.97 Å². The minimum atomic E-state index is -0.673. The lowest BCUT2D eigenvalue weighted by molar-refractivity contribution is -0.142. The number of aromatic nitrogens is 2. The summed E-state index contributed by atoms with van der Waals surface area (Å²) in [6.45, 7) is 4.68. The first-order valence-electron chi connectivity index (χ1n) is 6.49. The summed E-state index contributed by atoms with van der Waals surface area (Å²) in [6, 6.07) is 0. The first-order valence-corrected chi connectivity index (χ1v) is 6.87.